The van der Waals surface area contributed by atoms with Gasteiger partial charge in [-0.15, -0.1) is 0 Å². The first-order chi connectivity index (χ1) is 4.83. The molecule has 1 aliphatic rings. The fraction of sp³-hybridized carbons (Fsp3) is 0.375. The maximum Gasteiger partial charge on any atom is 0.0945 e. The van der Waals surface area contributed by atoms with Gasteiger partial charge in [-0.3, -0.25) is 0 Å². The second kappa shape index (κ2) is 3.20. The first-order valence-corrected chi connectivity index (χ1v) is 3.46. The highest BCUT2D eigenvalue weighted by molar-refractivity contribution is 5.58. The molecular weight excluding hydrogens is 124 g/mol. The Morgan fingerprint density at radius 2 is 2.40 bits per heavy atom. The number of allylic oxidation sites excluding steroid dienone is 3. The van der Waals surface area contributed by atoms with Crippen LogP contribution < -0.4 is 0 Å². The quantitative estimate of drug-likeness (QED) is 0.536. The lowest BCUT2D eigenvalue weighted by Crippen LogP contribution is -2.05. The predicted octanol–water partition coefficient (Wildman–Crippen LogP) is 1.77. The third kappa shape index (κ3) is 1.72. The lowest BCUT2D eigenvalue weighted by atomic mass is 10.3. The Hall–Kier alpha value is -1.05. The van der Waals surface area contributed by atoms with Crippen LogP contribution in [-0.4, -0.2) is 18.3 Å². The molecule has 0 N–H and O–H groups in total. The maximum absolute atomic E-state index is 4.22. The number of hydrogen-bond acceptors (Lipinski definition) is 2. The molecule has 0 aromatic carbocycles. The molecular formula is C8H12N2. The lowest BCUT2D eigenvalue weighted by molar-refractivity contribution is 0.711. The minimum absolute atomic E-state index is 0.995. The zero-order chi connectivity index (χ0) is 7.40. The van der Waals surface area contributed by atoms with Crippen molar-refractivity contribution in [2.45, 2.75) is 13.3 Å². The molecule has 0 saturated carbocycles. The van der Waals surface area contributed by atoms with E-state index in [1.165, 1.54) is 0 Å². The van der Waals surface area contributed by atoms with Gasteiger partial charge in [0.05, 0.1) is 6.34 Å². The Morgan fingerprint density at radius 3 is 3.10 bits per heavy atom. The molecule has 0 spiro atoms. The number of aliphatic imine (C=N–C) groups is 1. The van der Waals surface area contributed by atoms with E-state index in [1.807, 2.05) is 36.6 Å². The van der Waals surface area contributed by atoms with Crippen LogP contribution in [0.1, 0.15) is 13.3 Å². The zero-order valence-electron chi connectivity index (χ0n) is 6.41. The Bertz CT molecular complexity index is 189. The highest BCUT2D eigenvalue weighted by Crippen LogP contribution is 2.04. The highest BCUT2D eigenvalue weighted by Gasteiger charge is 1.91. The molecule has 1 heterocycles. The summed E-state index contributed by atoms with van der Waals surface area (Å²) < 4.78 is 0. The highest BCUT2D eigenvalue weighted by atomic mass is 15.1. The Balaban J connectivity index is 2.71. The van der Waals surface area contributed by atoms with Gasteiger partial charge in [0.1, 0.15) is 0 Å². The molecule has 0 saturated heterocycles. The Morgan fingerprint density at radius 1 is 1.60 bits per heavy atom. The van der Waals surface area contributed by atoms with Crippen molar-refractivity contribution in [3.05, 3.63) is 24.0 Å². The molecule has 54 valence electrons. The standard InChI is InChI=1S/C8H12N2/c1-3-8-5-4-6-10(2)7-9-8/h4-7H,3H2,1-2H3. The third-order valence-corrected chi connectivity index (χ3v) is 1.38. The van der Waals surface area contributed by atoms with Crippen molar-refractivity contribution >= 4 is 6.34 Å². The van der Waals surface area contributed by atoms with Crippen molar-refractivity contribution in [1.29, 1.82) is 0 Å². The van der Waals surface area contributed by atoms with E-state index in [-0.39, 0.29) is 0 Å². The van der Waals surface area contributed by atoms with Gasteiger partial charge in [-0.1, -0.05) is 6.92 Å². The summed E-state index contributed by atoms with van der Waals surface area (Å²) in [6.07, 6.45) is 8.82. The largest absolute Gasteiger partial charge is 0.342 e. The SMILES string of the molecule is CCC1=CC=CN(C)C=N1. The van der Waals surface area contributed by atoms with E-state index >= 15 is 0 Å². The van der Waals surface area contributed by atoms with E-state index in [9.17, 15) is 0 Å². The zero-order valence-corrected chi connectivity index (χ0v) is 6.41. The monoisotopic (exact) mass is 136 g/mol. The summed E-state index contributed by atoms with van der Waals surface area (Å²) in [4.78, 5) is 6.15. The molecule has 0 atom stereocenters. The van der Waals surface area contributed by atoms with Crippen molar-refractivity contribution in [3.8, 4) is 0 Å². The average molecular weight is 136 g/mol. The van der Waals surface area contributed by atoms with Gasteiger partial charge >= 0.3 is 0 Å². The second-order valence-electron chi connectivity index (χ2n) is 2.26. The molecule has 1 aliphatic heterocycles. The summed E-state index contributed by atoms with van der Waals surface area (Å²) in [5.74, 6) is 0. The van der Waals surface area contributed by atoms with Crippen LogP contribution in [0.2, 0.25) is 0 Å². The molecule has 1 rings (SSSR count). The van der Waals surface area contributed by atoms with E-state index in [2.05, 4.69) is 11.9 Å². The molecule has 0 fully saturated rings. The van der Waals surface area contributed by atoms with Crippen molar-refractivity contribution in [2.24, 2.45) is 4.99 Å². The van der Waals surface area contributed by atoms with Crippen LogP contribution in [0.4, 0.5) is 0 Å². The Kier molecular flexibility index (Phi) is 2.26. The molecule has 10 heavy (non-hydrogen) atoms. The molecule has 0 unspecified atom stereocenters. The maximum atomic E-state index is 4.22. The number of nitrogens with zero attached hydrogens (tertiary/aromatic N) is 2. The molecule has 0 radical (unpaired) electrons. The Labute approximate surface area is 61.6 Å². The van der Waals surface area contributed by atoms with E-state index < -0.39 is 0 Å². The van der Waals surface area contributed by atoms with Crippen LogP contribution in [0.5, 0.6) is 0 Å². The van der Waals surface area contributed by atoms with Crippen molar-refractivity contribution in [2.75, 3.05) is 7.05 Å². The van der Waals surface area contributed by atoms with Crippen LogP contribution in [-0.2, 0) is 0 Å². The van der Waals surface area contributed by atoms with Crippen LogP contribution in [0.3, 0.4) is 0 Å². The van der Waals surface area contributed by atoms with Crippen LogP contribution in [0.15, 0.2) is 29.0 Å². The van der Waals surface area contributed by atoms with Crippen molar-refractivity contribution in [3.63, 3.8) is 0 Å². The van der Waals surface area contributed by atoms with Gasteiger partial charge in [0.25, 0.3) is 0 Å². The van der Waals surface area contributed by atoms with Gasteiger partial charge in [0.2, 0.25) is 0 Å². The molecule has 0 bridgehead atoms. The minimum Gasteiger partial charge on any atom is -0.342 e. The van der Waals surface area contributed by atoms with E-state index in [0.717, 1.165) is 12.1 Å². The summed E-state index contributed by atoms with van der Waals surface area (Å²) in [7, 11) is 1.96. The van der Waals surface area contributed by atoms with E-state index in [4.69, 9.17) is 0 Å². The summed E-state index contributed by atoms with van der Waals surface area (Å²) in [5, 5.41) is 0. The van der Waals surface area contributed by atoms with Gasteiger partial charge < -0.3 is 4.90 Å². The fourth-order valence-corrected chi connectivity index (χ4v) is 0.746. The van der Waals surface area contributed by atoms with E-state index in [1.54, 1.807) is 0 Å². The van der Waals surface area contributed by atoms with Gasteiger partial charge in [-0.05, 0) is 18.6 Å². The normalized spacial score (nSPS) is 17.0. The fourth-order valence-electron chi connectivity index (χ4n) is 0.746. The molecule has 0 aliphatic carbocycles. The number of rotatable bonds is 1. The third-order valence-electron chi connectivity index (χ3n) is 1.38. The molecule has 2 heteroatoms. The summed E-state index contributed by atoms with van der Waals surface area (Å²) in [6, 6.07) is 0. The van der Waals surface area contributed by atoms with Gasteiger partial charge in [-0.25, -0.2) is 4.99 Å². The van der Waals surface area contributed by atoms with Gasteiger partial charge in [0.15, 0.2) is 0 Å². The van der Waals surface area contributed by atoms with Crippen molar-refractivity contribution < 1.29 is 0 Å². The minimum atomic E-state index is 0.995. The van der Waals surface area contributed by atoms with Crippen molar-refractivity contribution in [1.82, 2.24) is 4.90 Å². The van der Waals surface area contributed by atoms with Crippen LogP contribution in [0, 0.1) is 0 Å². The average Bonchev–Trinajstić information content (AvgIpc) is 2.14. The first-order valence-electron chi connectivity index (χ1n) is 3.46. The number of hydrogen-bond donors (Lipinski definition) is 0. The van der Waals surface area contributed by atoms with Gasteiger partial charge in [0, 0.05) is 18.9 Å². The summed E-state index contributed by atoms with van der Waals surface area (Å²) in [6.45, 7) is 2.10. The molecule has 0 aromatic rings. The van der Waals surface area contributed by atoms with Crippen LogP contribution in [0.25, 0.3) is 0 Å². The summed E-state index contributed by atoms with van der Waals surface area (Å²) in [5.41, 5.74) is 1.13. The topological polar surface area (TPSA) is 15.6 Å². The lowest BCUT2D eigenvalue weighted by Gasteiger charge is -2.01. The van der Waals surface area contributed by atoms with Gasteiger partial charge in [-0.2, -0.15) is 0 Å². The summed E-state index contributed by atoms with van der Waals surface area (Å²) >= 11 is 0. The van der Waals surface area contributed by atoms with E-state index in [0.29, 0.717) is 0 Å². The van der Waals surface area contributed by atoms with Crippen LogP contribution >= 0.6 is 0 Å². The smallest absolute Gasteiger partial charge is 0.0945 e. The molecule has 0 aromatic heterocycles. The second-order valence-corrected chi connectivity index (χ2v) is 2.26. The predicted molar refractivity (Wildman–Crippen MR) is 43.8 cm³/mol. The molecule has 2 nitrogen and oxygen atoms in total. The molecule has 0 amide bonds. The first kappa shape index (κ1) is 7.06.